The Morgan fingerprint density at radius 2 is 1.64 bits per heavy atom. The molecule has 2 rings (SSSR count). The lowest BCUT2D eigenvalue weighted by molar-refractivity contribution is -0.137. The Hall–Kier alpha value is -2.34. The lowest BCUT2D eigenvalue weighted by atomic mass is 9.95. The molecule has 0 aromatic heterocycles. The van der Waals surface area contributed by atoms with E-state index in [1.807, 2.05) is 0 Å². The first kappa shape index (κ1) is 22.0. The Balaban J connectivity index is 1.62. The van der Waals surface area contributed by atoms with E-state index >= 15 is 0 Å². The van der Waals surface area contributed by atoms with E-state index in [-0.39, 0.29) is 18.2 Å². The molecule has 0 amide bonds. The summed E-state index contributed by atoms with van der Waals surface area (Å²) in [5.41, 5.74) is 0.533. The molecule has 1 aromatic rings. The van der Waals surface area contributed by atoms with Crippen LogP contribution in [0.1, 0.15) is 55.3 Å². The summed E-state index contributed by atoms with van der Waals surface area (Å²) in [4.78, 5) is 23.2. The van der Waals surface area contributed by atoms with E-state index in [0.29, 0.717) is 18.8 Å². The Morgan fingerprint density at radius 1 is 1.00 bits per heavy atom. The minimum atomic E-state index is -0.391. The van der Waals surface area contributed by atoms with E-state index in [1.165, 1.54) is 0 Å². The second-order valence-electron chi connectivity index (χ2n) is 6.84. The number of hydrogen-bond donors (Lipinski definition) is 0. The van der Waals surface area contributed by atoms with Crippen LogP contribution in [0.2, 0.25) is 0 Å². The number of benzene rings is 1. The monoisotopic (exact) mass is 390 g/mol. The highest BCUT2D eigenvalue weighted by Crippen LogP contribution is 2.24. The van der Waals surface area contributed by atoms with Crippen molar-refractivity contribution in [3.63, 3.8) is 0 Å². The van der Waals surface area contributed by atoms with E-state index in [0.717, 1.165) is 56.8 Å². The van der Waals surface area contributed by atoms with Crippen LogP contribution in [0.3, 0.4) is 0 Å². The molecule has 28 heavy (non-hydrogen) atoms. The van der Waals surface area contributed by atoms with Gasteiger partial charge < -0.3 is 18.9 Å². The highest BCUT2D eigenvalue weighted by atomic mass is 16.5. The van der Waals surface area contributed by atoms with E-state index in [2.05, 4.69) is 6.58 Å². The van der Waals surface area contributed by atoms with Crippen LogP contribution >= 0.6 is 0 Å². The van der Waals surface area contributed by atoms with Crippen molar-refractivity contribution in [3.8, 4) is 5.75 Å². The molecule has 1 aromatic carbocycles. The van der Waals surface area contributed by atoms with Gasteiger partial charge in [-0.05, 0) is 69.2 Å². The van der Waals surface area contributed by atoms with Gasteiger partial charge in [0.05, 0.1) is 24.9 Å². The Bertz CT molecular complexity index is 616. The third-order valence-electron chi connectivity index (χ3n) is 4.79. The van der Waals surface area contributed by atoms with Gasteiger partial charge in [-0.3, -0.25) is 0 Å². The van der Waals surface area contributed by atoms with Crippen LogP contribution in [0.5, 0.6) is 5.75 Å². The summed E-state index contributed by atoms with van der Waals surface area (Å²) < 4.78 is 21.5. The Morgan fingerprint density at radius 3 is 2.29 bits per heavy atom. The van der Waals surface area contributed by atoms with Gasteiger partial charge >= 0.3 is 11.9 Å². The molecule has 6 nitrogen and oxygen atoms in total. The fourth-order valence-electron chi connectivity index (χ4n) is 3.10. The third kappa shape index (κ3) is 7.72. The van der Waals surface area contributed by atoms with Crippen molar-refractivity contribution in [3.05, 3.63) is 42.5 Å². The van der Waals surface area contributed by atoms with Crippen LogP contribution in [-0.2, 0) is 19.0 Å². The zero-order valence-electron chi connectivity index (χ0n) is 16.6. The molecule has 0 heterocycles. The molecule has 0 spiro atoms. The smallest absolute Gasteiger partial charge is 0.338 e. The Labute approximate surface area is 166 Å². The summed E-state index contributed by atoms with van der Waals surface area (Å²) >= 11 is 0. The summed E-state index contributed by atoms with van der Waals surface area (Å²) in [6.07, 6.45) is 7.52. The predicted octanol–water partition coefficient (Wildman–Crippen LogP) is 4.08. The lowest BCUT2D eigenvalue weighted by Crippen LogP contribution is -2.27. The van der Waals surface area contributed by atoms with Crippen LogP contribution in [0.15, 0.2) is 36.9 Å². The molecule has 0 saturated heterocycles. The van der Waals surface area contributed by atoms with Gasteiger partial charge in [0.25, 0.3) is 0 Å². The second-order valence-corrected chi connectivity index (χ2v) is 6.84. The fraction of sp³-hybridized carbons (Fsp3) is 0.545. The van der Waals surface area contributed by atoms with Crippen LogP contribution in [0.25, 0.3) is 0 Å². The zero-order valence-corrected chi connectivity index (χ0v) is 16.6. The van der Waals surface area contributed by atoms with E-state index in [4.69, 9.17) is 18.9 Å². The average Bonchev–Trinajstić information content (AvgIpc) is 2.73. The number of carbonyl (C=O) groups is 2. The highest BCUT2D eigenvalue weighted by Gasteiger charge is 2.24. The molecule has 0 bridgehead atoms. The number of esters is 2. The molecule has 6 heteroatoms. The minimum absolute atomic E-state index is 0.0272. The number of rotatable bonds is 11. The molecule has 1 saturated carbocycles. The van der Waals surface area contributed by atoms with Crippen molar-refractivity contribution in [2.45, 2.75) is 57.2 Å². The van der Waals surface area contributed by atoms with Crippen molar-refractivity contribution in [1.29, 1.82) is 0 Å². The largest absolute Gasteiger partial charge is 0.494 e. The van der Waals surface area contributed by atoms with E-state index < -0.39 is 5.97 Å². The van der Waals surface area contributed by atoms with Crippen molar-refractivity contribution < 1.29 is 28.5 Å². The number of carbonyl (C=O) groups excluding carboxylic acids is 2. The van der Waals surface area contributed by atoms with Gasteiger partial charge in [-0.25, -0.2) is 9.59 Å². The molecule has 0 unspecified atom stereocenters. The second kappa shape index (κ2) is 12.2. The first-order chi connectivity index (χ1) is 13.6. The first-order valence-corrected chi connectivity index (χ1v) is 9.88. The Kier molecular flexibility index (Phi) is 9.55. The summed E-state index contributed by atoms with van der Waals surface area (Å²) in [6, 6.07) is 7.02. The van der Waals surface area contributed by atoms with Gasteiger partial charge in [0, 0.05) is 13.2 Å². The number of hydrogen-bond acceptors (Lipinski definition) is 6. The van der Waals surface area contributed by atoms with Gasteiger partial charge in [-0.2, -0.15) is 0 Å². The molecular weight excluding hydrogens is 360 g/mol. The molecule has 1 aliphatic carbocycles. The summed E-state index contributed by atoms with van der Waals surface area (Å²) in [6.45, 7) is 4.32. The predicted molar refractivity (Wildman–Crippen MR) is 105 cm³/mol. The number of ether oxygens (including phenoxy) is 4. The van der Waals surface area contributed by atoms with E-state index in [1.54, 1.807) is 31.4 Å². The van der Waals surface area contributed by atoms with Crippen LogP contribution in [0, 0.1) is 0 Å². The minimum Gasteiger partial charge on any atom is -0.494 e. The number of unbranched alkanes of at least 4 members (excludes halogenated alkanes) is 2. The van der Waals surface area contributed by atoms with Crippen LogP contribution in [-0.4, -0.2) is 44.5 Å². The van der Waals surface area contributed by atoms with Gasteiger partial charge in [0.15, 0.2) is 0 Å². The van der Waals surface area contributed by atoms with Gasteiger partial charge in [0.2, 0.25) is 0 Å². The van der Waals surface area contributed by atoms with E-state index in [9.17, 15) is 9.59 Å². The van der Waals surface area contributed by atoms with Crippen molar-refractivity contribution >= 4 is 11.9 Å². The molecule has 1 fully saturated rings. The van der Waals surface area contributed by atoms with Crippen LogP contribution < -0.4 is 4.74 Å². The molecule has 0 radical (unpaired) electrons. The maximum Gasteiger partial charge on any atom is 0.338 e. The van der Waals surface area contributed by atoms with Crippen LogP contribution in [0.4, 0.5) is 0 Å². The standard InChI is InChI=1S/C22H30O6/c1-3-21(23)27-16-6-4-5-15-26-19-9-7-17(8-10-19)22(24)28-20-13-11-18(25-2)12-14-20/h3,7-10,18,20H,1,4-6,11-16H2,2H3. The normalized spacial score (nSPS) is 18.9. The van der Waals surface area contributed by atoms with Gasteiger partial charge in [-0.15, -0.1) is 0 Å². The van der Waals surface area contributed by atoms with Gasteiger partial charge in [-0.1, -0.05) is 6.58 Å². The van der Waals surface area contributed by atoms with Crippen molar-refractivity contribution in [2.24, 2.45) is 0 Å². The average molecular weight is 390 g/mol. The third-order valence-corrected chi connectivity index (χ3v) is 4.79. The molecular formula is C22H30O6. The molecule has 0 aliphatic heterocycles. The maximum absolute atomic E-state index is 12.3. The fourth-order valence-corrected chi connectivity index (χ4v) is 3.10. The topological polar surface area (TPSA) is 71.1 Å². The maximum atomic E-state index is 12.3. The number of methoxy groups -OCH3 is 1. The van der Waals surface area contributed by atoms with Gasteiger partial charge in [0.1, 0.15) is 11.9 Å². The summed E-state index contributed by atoms with van der Waals surface area (Å²) in [7, 11) is 1.72. The lowest BCUT2D eigenvalue weighted by Gasteiger charge is -2.27. The molecule has 0 N–H and O–H groups in total. The molecule has 0 atom stereocenters. The quantitative estimate of drug-likeness (QED) is 0.322. The molecule has 1 aliphatic rings. The SMILES string of the molecule is C=CC(=O)OCCCCCOc1ccc(C(=O)OC2CCC(OC)CC2)cc1. The molecule has 154 valence electrons. The van der Waals surface area contributed by atoms with Crippen molar-refractivity contribution in [1.82, 2.24) is 0 Å². The zero-order chi connectivity index (χ0) is 20.2. The summed E-state index contributed by atoms with van der Waals surface area (Å²) in [5.74, 6) is 0.0363. The first-order valence-electron chi connectivity index (χ1n) is 9.88. The summed E-state index contributed by atoms with van der Waals surface area (Å²) in [5, 5.41) is 0. The highest BCUT2D eigenvalue weighted by molar-refractivity contribution is 5.89. The van der Waals surface area contributed by atoms with Crippen molar-refractivity contribution in [2.75, 3.05) is 20.3 Å².